The number of carbonyl (C=O) groups excluding carboxylic acids is 1. The van der Waals surface area contributed by atoms with E-state index in [1.165, 1.54) is 148 Å². The van der Waals surface area contributed by atoms with E-state index in [0.29, 0.717) is 13.0 Å². The van der Waals surface area contributed by atoms with E-state index in [0.717, 1.165) is 25.7 Å². The number of unbranched alkanes of at least 4 members (excludes halogenated alkanes) is 25. The molecule has 246 valence electrons. The summed E-state index contributed by atoms with van der Waals surface area (Å²) in [5.41, 5.74) is -1.08. The van der Waals surface area contributed by atoms with Gasteiger partial charge in [-0.15, -0.1) is 0 Å². The van der Waals surface area contributed by atoms with Crippen molar-refractivity contribution in [1.29, 1.82) is 0 Å². The number of hydrogen-bond acceptors (Lipinski definition) is 4. The molecule has 5 nitrogen and oxygen atoms in total. The lowest BCUT2D eigenvalue weighted by Gasteiger charge is -2.30. The largest absolute Gasteiger partial charge is 0.394 e. The second-order valence-corrected chi connectivity index (χ2v) is 12.8. The molecule has 0 aromatic carbocycles. The number of amides is 1. The van der Waals surface area contributed by atoms with Gasteiger partial charge in [0.25, 0.3) is 0 Å². The van der Waals surface area contributed by atoms with Crippen LogP contribution in [0.5, 0.6) is 0 Å². The second kappa shape index (κ2) is 32.3. The molecule has 3 N–H and O–H groups in total. The third kappa shape index (κ3) is 27.9. The number of hydrogen-bond donors (Lipinski definition) is 3. The fourth-order valence-corrected chi connectivity index (χ4v) is 5.58. The van der Waals surface area contributed by atoms with Crippen LogP contribution in [0.3, 0.4) is 0 Å². The molecule has 0 spiro atoms. The van der Waals surface area contributed by atoms with Crippen molar-refractivity contribution in [1.82, 2.24) is 5.32 Å². The van der Waals surface area contributed by atoms with Crippen molar-refractivity contribution in [2.45, 2.75) is 199 Å². The van der Waals surface area contributed by atoms with Gasteiger partial charge in [-0.1, -0.05) is 174 Å². The highest BCUT2D eigenvalue weighted by Crippen LogP contribution is 2.15. The summed E-state index contributed by atoms with van der Waals surface area (Å²) in [6.45, 7) is 4.67. The van der Waals surface area contributed by atoms with E-state index >= 15 is 0 Å². The van der Waals surface area contributed by atoms with Crippen molar-refractivity contribution < 1.29 is 19.7 Å². The summed E-state index contributed by atoms with van der Waals surface area (Å²) in [6, 6.07) is 0. The summed E-state index contributed by atoms with van der Waals surface area (Å²) >= 11 is 0. The van der Waals surface area contributed by atoms with Gasteiger partial charge in [-0.3, -0.25) is 4.79 Å². The summed E-state index contributed by atoms with van der Waals surface area (Å²) in [6.07, 6.45) is 35.6. The van der Waals surface area contributed by atoms with Crippen molar-refractivity contribution in [3.05, 3.63) is 0 Å². The Hall–Kier alpha value is -0.650. The number of aliphatic hydroxyl groups is 2. The Balaban J connectivity index is 3.65. The van der Waals surface area contributed by atoms with Crippen LogP contribution in [0, 0.1) is 0 Å². The van der Waals surface area contributed by atoms with Crippen LogP contribution >= 0.6 is 0 Å². The van der Waals surface area contributed by atoms with E-state index in [9.17, 15) is 15.0 Å². The molecule has 5 heteroatoms. The average molecular weight is 584 g/mol. The van der Waals surface area contributed by atoms with Gasteiger partial charge in [0.1, 0.15) is 5.54 Å². The van der Waals surface area contributed by atoms with Gasteiger partial charge in [-0.25, -0.2) is 0 Å². The Morgan fingerprint density at radius 2 is 0.829 bits per heavy atom. The van der Waals surface area contributed by atoms with Crippen molar-refractivity contribution in [3.8, 4) is 0 Å². The van der Waals surface area contributed by atoms with Crippen LogP contribution in [0.1, 0.15) is 194 Å². The molecule has 0 aliphatic carbocycles. The van der Waals surface area contributed by atoms with Gasteiger partial charge < -0.3 is 20.3 Å². The molecule has 0 aliphatic heterocycles. The van der Waals surface area contributed by atoms with Crippen LogP contribution in [0.2, 0.25) is 0 Å². The smallest absolute Gasteiger partial charge is 0.220 e. The van der Waals surface area contributed by atoms with Crippen LogP contribution in [0.15, 0.2) is 0 Å². The minimum Gasteiger partial charge on any atom is -0.394 e. The summed E-state index contributed by atoms with van der Waals surface area (Å²) < 4.78 is 5.77. The van der Waals surface area contributed by atoms with Gasteiger partial charge in [-0.2, -0.15) is 0 Å². The Morgan fingerprint density at radius 3 is 1.17 bits per heavy atom. The molecule has 0 saturated heterocycles. The maximum atomic E-state index is 12.5. The average Bonchev–Trinajstić information content (AvgIpc) is 2.98. The fourth-order valence-electron chi connectivity index (χ4n) is 5.58. The van der Waals surface area contributed by atoms with Gasteiger partial charge in [0, 0.05) is 13.0 Å². The number of carbonyl (C=O) groups is 1. The lowest BCUT2D eigenvalue weighted by atomic mass is 10.0. The van der Waals surface area contributed by atoms with Crippen LogP contribution < -0.4 is 5.32 Å². The van der Waals surface area contributed by atoms with Crippen LogP contribution in [0.25, 0.3) is 0 Å². The van der Waals surface area contributed by atoms with Crippen LogP contribution in [-0.2, 0) is 9.53 Å². The molecule has 1 amide bonds. The first-order chi connectivity index (χ1) is 20.1. The zero-order valence-corrected chi connectivity index (χ0v) is 27.8. The third-order valence-corrected chi connectivity index (χ3v) is 8.54. The van der Waals surface area contributed by atoms with Gasteiger partial charge in [0.2, 0.25) is 5.91 Å². The molecule has 41 heavy (non-hydrogen) atoms. The zero-order chi connectivity index (χ0) is 30.1. The van der Waals surface area contributed by atoms with Crippen molar-refractivity contribution >= 4 is 5.91 Å². The lowest BCUT2D eigenvalue weighted by molar-refractivity contribution is -0.126. The van der Waals surface area contributed by atoms with Gasteiger partial charge in [0.15, 0.2) is 0 Å². The molecule has 0 rings (SSSR count). The Bertz CT molecular complexity index is 524. The van der Waals surface area contributed by atoms with E-state index in [4.69, 9.17) is 4.74 Å². The molecule has 0 aromatic heterocycles. The lowest BCUT2D eigenvalue weighted by Crippen LogP contribution is -2.57. The summed E-state index contributed by atoms with van der Waals surface area (Å²) in [4.78, 5) is 12.5. The summed E-state index contributed by atoms with van der Waals surface area (Å²) in [5.74, 6) is -0.100. The monoisotopic (exact) mass is 584 g/mol. The van der Waals surface area contributed by atoms with E-state index in [1.807, 2.05) is 0 Å². The SMILES string of the molecule is CCCCCCCCCCCCCCCCCC(=O)NC(CO)(CO)COCCCCCCCCCCCCCC. The number of aliphatic hydroxyl groups excluding tert-OH is 2. The normalized spacial score (nSPS) is 11.8. The van der Waals surface area contributed by atoms with Crippen molar-refractivity contribution in [2.24, 2.45) is 0 Å². The van der Waals surface area contributed by atoms with Crippen LogP contribution in [-0.4, -0.2) is 48.1 Å². The van der Waals surface area contributed by atoms with Gasteiger partial charge in [-0.05, 0) is 12.8 Å². The predicted molar refractivity (Wildman–Crippen MR) is 176 cm³/mol. The van der Waals surface area contributed by atoms with E-state index < -0.39 is 5.54 Å². The highest BCUT2D eigenvalue weighted by molar-refractivity contribution is 5.76. The van der Waals surface area contributed by atoms with E-state index in [2.05, 4.69) is 19.2 Å². The molecule has 0 atom stereocenters. The third-order valence-electron chi connectivity index (χ3n) is 8.54. The maximum Gasteiger partial charge on any atom is 0.220 e. The van der Waals surface area contributed by atoms with Crippen LogP contribution in [0.4, 0.5) is 0 Å². The molecular weight excluding hydrogens is 510 g/mol. The minimum atomic E-state index is -1.08. The molecular formula is C36H73NO4. The highest BCUT2D eigenvalue weighted by atomic mass is 16.5. The first kappa shape index (κ1) is 40.4. The maximum absolute atomic E-state index is 12.5. The van der Waals surface area contributed by atoms with E-state index in [1.54, 1.807) is 0 Å². The Morgan fingerprint density at radius 1 is 0.512 bits per heavy atom. The molecule has 0 saturated carbocycles. The number of rotatable bonds is 34. The van der Waals surface area contributed by atoms with Crippen molar-refractivity contribution in [2.75, 3.05) is 26.4 Å². The second-order valence-electron chi connectivity index (χ2n) is 12.8. The molecule has 0 fully saturated rings. The molecule has 0 bridgehead atoms. The quantitative estimate of drug-likeness (QED) is 0.0659. The van der Waals surface area contributed by atoms with Crippen molar-refractivity contribution in [3.63, 3.8) is 0 Å². The fraction of sp³-hybridized carbons (Fsp3) is 0.972. The molecule has 0 heterocycles. The summed E-state index contributed by atoms with van der Waals surface area (Å²) in [7, 11) is 0. The summed E-state index contributed by atoms with van der Waals surface area (Å²) in [5, 5.41) is 22.6. The number of ether oxygens (including phenoxy) is 1. The first-order valence-corrected chi connectivity index (χ1v) is 18.2. The molecule has 0 unspecified atom stereocenters. The Labute approximate surface area is 256 Å². The molecule has 0 aliphatic rings. The van der Waals surface area contributed by atoms with Gasteiger partial charge >= 0.3 is 0 Å². The standard InChI is InChI=1S/C36H73NO4/c1-3-5-7-9-11-13-15-17-18-19-20-22-24-26-28-30-35(40)37-36(32-38,33-39)34-41-31-29-27-25-23-21-16-14-12-10-8-6-4-2/h38-39H,3-34H2,1-2H3,(H,37,40). The predicted octanol–water partition coefficient (Wildman–Crippen LogP) is 9.81. The first-order valence-electron chi connectivity index (χ1n) is 18.2. The minimum absolute atomic E-state index is 0.100. The topological polar surface area (TPSA) is 78.8 Å². The van der Waals surface area contributed by atoms with Gasteiger partial charge in [0.05, 0.1) is 19.8 Å². The zero-order valence-electron chi connectivity index (χ0n) is 27.8. The highest BCUT2D eigenvalue weighted by Gasteiger charge is 2.30. The van der Waals surface area contributed by atoms with E-state index in [-0.39, 0.29) is 25.7 Å². The molecule has 0 aromatic rings. The Kier molecular flexibility index (Phi) is 31.8. The molecule has 0 radical (unpaired) electrons. The number of nitrogens with one attached hydrogen (secondary N) is 1.